The van der Waals surface area contributed by atoms with Crippen molar-refractivity contribution < 1.29 is 12.8 Å². The van der Waals surface area contributed by atoms with Crippen LogP contribution in [0.2, 0.25) is 0 Å². The summed E-state index contributed by atoms with van der Waals surface area (Å²) in [5.74, 6) is -0.210. The molecule has 2 aromatic rings. The topological polar surface area (TPSA) is 65.5 Å². The van der Waals surface area contributed by atoms with E-state index in [1.165, 1.54) is 12.1 Å². The Kier molecular flexibility index (Phi) is 5.85. The maximum absolute atomic E-state index is 13.1. The lowest BCUT2D eigenvalue weighted by Gasteiger charge is -2.34. The summed E-state index contributed by atoms with van der Waals surface area (Å²) in [5, 5.41) is 3.29. The van der Waals surface area contributed by atoms with Gasteiger partial charge in [0.15, 0.2) is 0 Å². The maximum atomic E-state index is 13.1. The van der Waals surface area contributed by atoms with Gasteiger partial charge >= 0.3 is 0 Å². The first kappa shape index (κ1) is 20.3. The molecule has 0 bridgehead atoms. The summed E-state index contributed by atoms with van der Waals surface area (Å²) >= 11 is 0. The molecular formula is C21H27FN4O2S. The number of nitrogens with one attached hydrogen (secondary N) is 1. The van der Waals surface area contributed by atoms with Crippen LogP contribution in [0.3, 0.4) is 0 Å². The number of aryl methyl sites for hydroxylation is 1. The van der Waals surface area contributed by atoms with Crippen LogP contribution >= 0.6 is 0 Å². The average Bonchev–Trinajstić information content (AvgIpc) is 3.25. The van der Waals surface area contributed by atoms with Crippen molar-refractivity contribution in [3.8, 4) is 0 Å². The van der Waals surface area contributed by atoms with Gasteiger partial charge < -0.3 is 5.32 Å². The van der Waals surface area contributed by atoms with Crippen LogP contribution in [-0.4, -0.2) is 48.2 Å². The number of anilines is 2. The Hall–Kier alpha value is -2.03. The number of halogens is 1. The minimum absolute atomic E-state index is 0.0646. The van der Waals surface area contributed by atoms with Crippen LogP contribution in [-0.2, 0) is 10.2 Å². The maximum Gasteiger partial charge on any atom is 0.281 e. The zero-order chi connectivity index (χ0) is 20.4. The van der Waals surface area contributed by atoms with Crippen LogP contribution in [0.15, 0.2) is 36.4 Å². The first-order valence-electron chi connectivity index (χ1n) is 10.2. The van der Waals surface area contributed by atoms with Gasteiger partial charge in [0.2, 0.25) is 0 Å². The van der Waals surface area contributed by atoms with Gasteiger partial charge in [-0.25, -0.2) is 4.39 Å². The monoisotopic (exact) mass is 418 g/mol. The summed E-state index contributed by atoms with van der Waals surface area (Å²) in [5.41, 5.74) is 3.44. The van der Waals surface area contributed by atoms with E-state index in [-0.39, 0.29) is 11.7 Å². The van der Waals surface area contributed by atoms with Gasteiger partial charge in [0.25, 0.3) is 10.2 Å². The Balaban J connectivity index is 1.52. The van der Waals surface area contributed by atoms with Crippen molar-refractivity contribution in [3.05, 3.63) is 53.6 Å². The largest absolute Gasteiger partial charge is 0.355 e. The van der Waals surface area contributed by atoms with E-state index >= 15 is 0 Å². The van der Waals surface area contributed by atoms with E-state index in [1.54, 1.807) is 20.7 Å². The van der Waals surface area contributed by atoms with Crippen molar-refractivity contribution in [2.75, 3.05) is 31.5 Å². The van der Waals surface area contributed by atoms with Crippen LogP contribution in [0, 0.1) is 12.7 Å². The van der Waals surface area contributed by atoms with Gasteiger partial charge in [-0.1, -0.05) is 0 Å². The van der Waals surface area contributed by atoms with Crippen LogP contribution in [0.5, 0.6) is 0 Å². The molecule has 0 amide bonds. The molecule has 1 N–H and O–H groups in total. The quantitative estimate of drug-likeness (QED) is 0.802. The molecule has 8 heteroatoms. The Morgan fingerprint density at radius 1 is 1.00 bits per heavy atom. The molecule has 2 fully saturated rings. The Morgan fingerprint density at radius 2 is 1.69 bits per heavy atom. The molecule has 156 valence electrons. The molecule has 0 spiro atoms. The second-order valence-corrected chi connectivity index (χ2v) is 9.79. The molecule has 2 saturated heterocycles. The zero-order valence-electron chi connectivity index (χ0n) is 16.6. The van der Waals surface area contributed by atoms with Crippen molar-refractivity contribution in [3.63, 3.8) is 0 Å². The second-order valence-electron chi connectivity index (χ2n) is 7.87. The molecule has 2 aliphatic rings. The third kappa shape index (κ3) is 4.60. The molecule has 0 unspecified atom stereocenters. The first-order chi connectivity index (χ1) is 13.9. The predicted molar refractivity (Wildman–Crippen MR) is 112 cm³/mol. The number of hydrogen-bond donors (Lipinski definition) is 1. The van der Waals surface area contributed by atoms with Crippen LogP contribution < -0.4 is 5.32 Å². The Bertz CT molecular complexity index is 959. The van der Waals surface area contributed by atoms with E-state index in [9.17, 15) is 12.8 Å². The molecule has 0 radical (unpaired) electrons. The molecule has 1 atom stereocenters. The number of hydrogen-bond acceptors (Lipinski definition) is 4. The number of piperidine rings is 1. The van der Waals surface area contributed by atoms with Crippen LogP contribution in [0.1, 0.15) is 43.0 Å². The lowest BCUT2D eigenvalue weighted by atomic mass is 9.95. The Labute approximate surface area is 171 Å². The number of nitrogens with zero attached hydrogens (tertiary/aromatic N) is 3. The van der Waals surface area contributed by atoms with Gasteiger partial charge in [-0.05, 0) is 69.0 Å². The van der Waals surface area contributed by atoms with E-state index in [0.29, 0.717) is 26.2 Å². The molecular weight excluding hydrogens is 391 g/mol. The predicted octanol–water partition coefficient (Wildman–Crippen LogP) is 3.79. The summed E-state index contributed by atoms with van der Waals surface area (Å²) in [7, 11) is -3.39. The average molecular weight is 419 g/mol. The number of pyridine rings is 1. The highest BCUT2D eigenvalue weighted by atomic mass is 32.2. The number of aromatic nitrogens is 1. The normalized spacial score (nSPS) is 21.4. The van der Waals surface area contributed by atoms with Gasteiger partial charge in [-0.2, -0.15) is 17.0 Å². The Morgan fingerprint density at radius 3 is 2.41 bits per heavy atom. The van der Waals surface area contributed by atoms with Crippen LogP contribution in [0.4, 0.5) is 15.8 Å². The van der Waals surface area contributed by atoms with Crippen molar-refractivity contribution in [2.45, 2.75) is 38.5 Å². The molecule has 0 saturated carbocycles. The lowest BCUT2D eigenvalue weighted by Crippen LogP contribution is -2.46. The summed E-state index contributed by atoms with van der Waals surface area (Å²) in [4.78, 5) is 4.69. The fraction of sp³-hybridized carbons (Fsp3) is 0.476. The summed E-state index contributed by atoms with van der Waals surface area (Å²) in [6.07, 6.45) is 3.62. The standard InChI is InChI=1S/C21H27FN4O2S/c1-16-13-20(24-19-8-6-18(22)7-9-19)14-21(23-16)17-5-4-12-26(15-17)29(27,28)25-10-2-3-11-25/h6-9,13-14,17H,2-5,10-12,15H2,1H3,(H,23,24)/t17-/m1/s1. The van der Waals surface area contributed by atoms with E-state index in [4.69, 9.17) is 4.98 Å². The van der Waals surface area contributed by atoms with Gasteiger partial charge in [0.1, 0.15) is 5.82 Å². The van der Waals surface area contributed by atoms with Gasteiger partial charge in [-0.3, -0.25) is 4.98 Å². The highest BCUT2D eigenvalue weighted by Crippen LogP contribution is 2.31. The summed E-state index contributed by atoms with van der Waals surface area (Å²) < 4.78 is 42.3. The third-order valence-corrected chi connectivity index (χ3v) is 7.63. The summed E-state index contributed by atoms with van der Waals surface area (Å²) in [6, 6.07) is 10.1. The SMILES string of the molecule is Cc1cc(Nc2ccc(F)cc2)cc([C@@H]2CCCN(S(=O)(=O)N3CCCC3)C2)n1. The molecule has 0 aliphatic carbocycles. The second kappa shape index (κ2) is 8.38. The molecule has 6 nitrogen and oxygen atoms in total. The molecule has 4 rings (SSSR count). The van der Waals surface area contributed by atoms with Crippen molar-refractivity contribution >= 4 is 21.6 Å². The number of benzene rings is 1. The number of rotatable bonds is 5. The minimum atomic E-state index is -3.39. The third-order valence-electron chi connectivity index (χ3n) is 5.63. The lowest BCUT2D eigenvalue weighted by molar-refractivity contribution is 0.290. The van der Waals surface area contributed by atoms with E-state index in [2.05, 4.69) is 5.32 Å². The van der Waals surface area contributed by atoms with Gasteiger partial charge in [0, 0.05) is 54.9 Å². The van der Waals surface area contributed by atoms with Gasteiger partial charge in [0.05, 0.1) is 0 Å². The fourth-order valence-electron chi connectivity index (χ4n) is 4.15. The zero-order valence-corrected chi connectivity index (χ0v) is 17.5. The van der Waals surface area contributed by atoms with E-state index < -0.39 is 10.2 Å². The fourth-order valence-corrected chi connectivity index (χ4v) is 5.93. The molecule has 1 aromatic heterocycles. The minimum Gasteiger partial charge on any atom is -0.355 e. The molecule has 3 heterocycles. The molecule has 29 heavy (non-hydrogen) atoms. The highest BCUT2D eigenvalue weighted by molar-refractivity contribution is 7.86. The molecule has 1 aromatic carbocycles. The van der Waals surface area contributed by atoms with E-state index in [0.717, 1.165) is 48.4 Å². The smallest absolute Gasteiger partial charge is 0.281 e. The summed E-state index contributed by atoms with van der Waals surface area (Å²) in [6.45, 7) is 4.21. The van der Waals surface area contributed by atoms with Crippen molar-refractivity contribution in [1.29, 1.82) is 0 Å². The van der Waals surface area contributed by atoms with Crippen molar-refractivity contribution in [1.82, 2.24) is 13.6 Å². The molecule has 2 aliphatic heterocycles. The van der Waals surface area contributed by atoms with Gasteiger partial charge in [-0.15, -0.1) is 0 Å². The van der Waals surface area contributed by atoms with Crippen molar-refractivity contribution in [2.24, 2.45) is 0 Å². The highest BCUT2D eigenvalue weighted by Gasteiger charge is 2.35. The van der Waals surface area contributed by atoms with Crippen LogP contribution in [0.25, 0.3) is 0 Å². The van der Waals surface area contributed by atoms with E-state index in [1.807, 2.05) is 19.1 Å². The first-order valence-corrected chi connectivity index (χ1v) is 11.6.